The maximum absolute atomic E-state index is 13.7. The number of halogens is 2. The summed E-state index contributed by atoms with van der Waals surface area (Å²) in [6.45, 7) is 0. The van der Waals surface area contributed by atoms with Crippen LogP contribution in [0.25, 0.3) is 16.9 Å². The fourth-order valence-corrected chi connectivity index (χ4v) is 2.27. The van der Waals surface area contributed by atoms with Crippen LogP contribution in [0.3, 0.4) is 0 Å². The van der Waals surface area contributed by atoms with Gasteiger partial charge in [-0.2, -0.15) is 0 Å². The molecule has 0 unspecified atom stereocenters. The Morgan fingerprint density at radius 3 is 2.80 bits per heavy atom. The largest absolute Gasteiger partial charge is 0.476 e. The SMILES string of the molecule is O=C(O)c1c(-c2cccc(Cl)c2)nc2c(F)cccn12. The van der Waals surface area contributed by atoms with Crippen molar-refractivity contribution in [3.8, 4) is 11.3 Å². The number of aromatic carboxylic acids is 1. The molecule has 20 heavy (non-hydrogen) atoms. The maximum atomic E-state index is 13.7. The van der Waals surface area contributed by atoms with Crippen molar-refractivity contribution in [3.05, 3.63) is 59.1 Å². The van der Waals surface area contributed by atoms with Crippen molar-refractivity contribution in [2.75, 3.05) is 0 Å². The minimum Gasteiger partial charge on any atom is -0.476 e. The number of imidazole rings is 1. The fourth-order valence-electron chi connectivity index (χ4n) is 2.08. The molecule has 2 heterocycles. The number of hydrogen-bond acceptors (Lipinski definition) is 2. The van der Waals surface area contributed by atoms with E-state index in [4.69, 9.17) is 11.6 Å². The first kappa shape index (κ1) is 12.6. The summed E-state index contributed by atoms with van der Waals surface area (Å²) in [4.78, 5) is 15.5. The highest BCUT2D eigenvalue weighted by molar-refractivity contribution is 6.30. The van der Waals surface area contributed by atoms with Gasteiger partial charge >= 0.3 is 5.97 Å². The molecule has 0 fully saturated rings. The van der Waals surface area contributed by atoms with E-state index >= 15 is 0 Å². The highest BCUT2D eigenvalue weighted by Crippen LogP contribution is 2.27. The standard InChI is InChI=1S/C14H8ClFN2O2/c15-9-4-1-3-8(7-9)11-12(14(19)20)18-6-2-5-10(16)13(18)17-11/h1-7H,(H,19,20). The van der Waals surface area contributed by atoms with Crippen molar-refractivity contribution < 1.29 is 14.3 Å². The molecule has 2 aromatic heterocycles. The number of nitrogens with zero attached hydrogens (tertiary/aromatic N) is 2. The molecule has 3 rings (SSSR count). The Balaban J connectivity index is 2.38. The van der Waals surface area contributed by atoms with Gasteiger partial charge in [-0.1, -0.05) is 23.7 Å². The summed E-state index contributed by atoms with van der Waals surface area (Å²) < 4.78 is 15.0. The predicted molar refractivity (Wildman–Crippen MR) is 72.6 cm³/mol. The van der Waals surface area contributed by atoms with E-state index in [0.717, 1.165) is 0 Å². The molecule has 0 aliphatic carbocycles. The monoisotopic (exact) mass is 290 g/mol. The highest BCUT2D eigenvalue weighted by Gasteiger charge is 2.21. The van der Waals surface area contributed by atoms with E-state index in [1.165, 1.54) is 22.7 Å². The zero-order valence-electron chi connectivity index (χ0n) is 10.0. The Hall–Kier alpha value is -2.40. The maximum Gasteiger partial charge on any atom is 0.355 e. The number of rotatable bonds is 2. The van der Waals surface area contributed by atoms with E-state index < -0.39 is 11.8 Å². The summed E-state index contributed by atoms with van der Waals surface area (Å²) in [7, 11) is 0. The Kier molecular flexibility index (Phi) is 2.91. The van der Waals surface area contributed by atoms with Crippen molar-refractivity contribution >= 4 is 23.2 Å². The van der Waals surface area contributed by atoms with Gasteiger partial charge < -0.3 is 5.11 Å². The van der Waals surface area contributed by atoms with Gasteiger partial charge in [0.25, 0.3) is 0 Å². The summed E-state index contributed by atoms with van der Waals surface area (Å²) in [5.74, 6) is -1.76. The van der Waals surface area contributed by atoms with Crippen LogP contribution in [0.5, 0.6) is 0 Å². The molecule has 0 spiro atoms. The third-order valence-corrected chi connectivity index (χ3v) is 3.14. The van der Waals surface area contributed by atoms with Crippen LogP contribution in [0.4, 0.5) is 4.39 Å². The highest BCUT2D eigenvalue weighted by atomic mass is 35.5. The lowest BCUT2D eigenvalue weighted by atomic mass is 10.1. The van der Waals surface area contributed by atoms with Crippen LogP contribution in [0.2, 0.25) is 5.02 Å². The summed E-state index contributed by atoms with van der Waals surface area (Å²) in [6.07, 6.45) is 1.46. The Morgan fingerprint density at radius 2 is 2.10 bits per heavy atom. The van der Waals surface area contributed by atoms with Crippen molar-refractivity contribution in [1.29, 1.82) is 0 Å². The molecule has 0 atom stereocenters. The number of carboxylic acid groups (broad SMARTS) is 1. The molecular formula is C14H8ClFN2O2. The molecule has 0 bridgehead atoms. The molecule has 0 amide bonds. The average Bonchev–Trinajstić information content (AvgIpc) is 2.79. The van der Waals surface area contributed by atoms with Crippen LogP contribution in [0, 0.1) is 5.82 Å². The number of carbonyl (C=O) groups is 1. The molecule has 4 nitrogen and oxygen atoms in total. The van der Waals surface area contributed by atoms with Crippen molar-refractivity contribution in [2.24, 2.45) is 0 Å². The van der Waals surface area contributed by atoms with E-state index in [0.29, 0.717) is 10.6 Å². The lowest BCUT2D eigenvalue weighted by Crippen LogP contribution is -2.03. The average molecular weight is 291 g/mol. The summed E-state index contributed by atoms with van der Waals surface area (Å²) >= 11 is 5.90. The molecule has 3 aromatic rings. The van der Waals surface area contributed by atoms with E-state index in [1.54, 1.807) is 24.3 Å². The summed E-state index contributed by atoms with van der Waals surface area (Å²) in [5, 5.41) is 9.81. The number of aromatic nitrogens is 2. The molecule has 0 saturated heterocycles. The molecule has 0 aliphatic heterocycles. The molecule has 0 radical (unpaired) electrons. The van der Waals surface area contributed by atoms with E-state index in [2.05, 4.69) is 4.98 Å². The van der Waals surface area contributed by atoms with Gasteiger partial charge in [0.2, 0.25) is 0 Å². The van der Waals surface area contributed by atoms with Crippen molar-refractivity contribution in [3.63, 3.8) is 0 Å². The number of carboxylic acids is 1. The quantitative estimate of drug-likeness (QED) is 0.786. The molecule has 0 saturated carbocycles. The van der Waals surface area contributed by atoms with Gasteiger partial charge in [-0.15, -0.1) is 0 Å². The first-order valence-electron chi connectivity index (χ1n) is 5.74. The van der Waals surface area contributed by atoms with Crippen LogP contribution < -0.4 is 0 Å². The van der Waals surface area contributed by atoms with Crippen LogP contribution in [-0.2, 0) is 0 Å². The van der Waals surface area contributed by atoms with Gasteiger partial charge in [0.1, 0.15) is 5.69 Å². The molecule has 6 heteroatoms. The number of hydrogen-bond donors (Lipinski definition) is 1. The minimum absolute atomic E-state index is 0.0279. The lowest BCUT2D eigenvalue weighted by molar-refractivity contribution is 0.0690. The summed E-state index contributed by atoms with van der Waals surface area (Å²) in [5.41, 5.74) is 0.588. The second-order valence-electron chi connectivity index (χ2n) is 4.17. The third-order valence-electron chi connectivity index (χ3n) is 2.90. The van der Waals surface area contributed by atoms with Crippen molar-refractivity contribution in [2.45, 2.75) is 0 Å². The molecule has 1 N–H and O–H groups in total. The van der Waals surface area contributed by atoms with E-state index in [9.17, 15) is 14.3 Å². The predicted octanol–water partition coefficient (Wildman–Crippen LogP) is 3.49. The first-order chi connectivity index (χ1) is 9.58. The van der Waals surface area contributed by atoms with Gasteiger partial charge in [0.15, 0.2) is 17.2 Å². The number of pyridine rings is 1. The molecular weight excluding hydrogens is 283 g/mol. The Labute approximate surface area is 118 Å². The van der Waals surface area contributed by atoms with Gasteiger partial charge in [-0.05, 0) is 24.3 Å². The van der Waals surface area contributed by atoms with Crippen LogP contribution in [-0.4, -0.2) is 20.5 Å². The zero-order chi connectivity index (χ0) is 14.3. The van der Waals surface area contributed by atoms with E-state index in [1.807, 2.05) is 0 Å². The van der Waals surface area contributed by atoms with Gasteiger partial charge in [0.05, 0.1) is 0 Å². The second-order valence-corrected chi connectivity index (χ2v) is 4.61. The first-order valence-corrected chi connectivity index (χ1v) is 6.11. The fraction of sp³-hybridized carbons (Fsp3) is 0. The number of fused-ring (bicyclic) bond motifs is 1. The minimum atomic E-state index is -1.18. The Morgan fingerprint density at radius 1 is 1.30 bits per heavy atom. The molecule has 0 aliphatic rings. The van der Waals surface area contributed by atoms with Gasteiger partial charge in [0, 0.05) is 16.8 Å². The van der Waals surface area contributed by atoms with Crippen molar-refractivity contribution in [1.82, 2.24) is 9.38 Å². The zero-order valence-corrected chi connectivity index (χ0v) is 10.8. The molecule has 1 aromatic carbocycles. The van der Waals surface area contributed by atoms with Crippen LogP contribution >= 0.6 is 11.6 Å². The number of benzene rings is 1. The second kappa shape index (κ2) is 4.61. The van der Waals surface area contributed by atoms with Gasteiger partial charge in [-0.3, -0.25) is 4.40 Å². The summed E-state index contributed by atoms with van der Waals surface area (Å²) in [6, 6.07) is 9.28. The Bertz CT molecular complexity index is 829. The normalized spacial score (nSPS) is 10.9. The smallest absolute Gasteiger partial charge is 0.355 e. The van der Waals surface area contributed by atoms with E-state index in [-0.39, 0.29) is 17.0 Å². The molecule has 100 valence electrons. The topological polar surface area (TPSA) is 54.6 Å². The lowest BCUT2D eigenvalue weighted by Gasteiger charge is -2.01. The van der Waals surface area contributed by atoms with Crippen LogP contribution in [0.1, 0.15) is 10.5 Å². The third kappa shape index (κ3) is 1.92. The van der Waals surface area contributed by atoms with Gasteiger partial charge in [-0.25, -0.2) is 14.2 Å². The van der Waals surface area contributed by atoms with Crippen LogP contribution in [0.15, 0.2) is 42.6 Å².